The van der Waals surface area contributed by atoms with E-state index in [4.69, 9.17) is 0 Å². The van der Waals surface area contributed by atoms with Crippen molar-refractivity contribution in [2.24, 2.45) is 0 Å². The summed E-state index contributed by atoms with van der Waals surface area (Å²) >= 11 is 0. The van der Waals surface area contributed by atoms with Crippen LogP contribution in [0.5, 0.6) is 0 Å². The monoisotopic (exact) mass is 494 g/mol. The summed E-state index contributed by atoms with van der Waals surface area (Å²) in [5.41, 5.74) is 2.17. The van der Waals surface area contributed by atoms with Crippen LogP contribution in [-0.2, 0) is 16.1 Å². The van der Waals surface area contributed by atoms with Crippen LogP contribution in [0, 0.1) is 0 Å². The van der Waals surface area contributed by atoms with E-state index in [2.05, 4.69) is 10.2 Å². The maximum absolute atomic E-state index is 14.1. The number of rotatable bonds is 5. The van der Waals surface area contributed by atoms with E-state index < -0.39 is 5.66 Å². The van der Waals surface area contributed by atoms with Gasteiger partial charge in [-0.1, -0.05) is 42.5 Å². The summed E-state index contributed by atoms with van der Waals surface area (Å²) in [6, 6.07) is 24.5. The van der Waals surface area contributed by atoms with Crippen molar-refractivity contribution >= 4 is 34.8 Å². The van der Waals surface area contributed by atoms with Gasteiger partial charge in [0.05, 0.1) is 11.3 Å². The minimum atomic E-state index is -1.44. The molecule has 7 heteroatoms. The van der Waals surface area contributed by atoms with Crippen molar-refractivity contribution < 1.29 is 14.4 Å². The normalized spacial score (nSPS) is 21.0. The second kappa shape index (κ2) is 9.39. The third kappa shape index (κ3) is 3.95. The van der Waals surface area contributed by atoms with Gasteiger partial charge in [0, 0.05) is 43.9 Å². The lowest BCUT2D eigenvalue weighted by molar-refractivity contribution is -0.129. The summed E-state index contributed by atoms with van der Waals surface area (Å²) in [7, 11) is 0. The molecule has 0 unspecified atom stereocenters. The number of carbonyl (C=O) groups excluding carboxylic acids is 3. The van der Waals surface area contributed by atoms with Crippen LogP contribution in [0.25, 0.3) is 0 Å². The van der Waals surface area contributed by atoms with E-state index in [0.717, 1.165) is 24.3 Å². The molecule has 0 bridgehead atoms. The predicted molar refractivity (Wildman–Crippen MR) is 143 cm³/mol. The van der Waals surface area contributed by atoms with Crippen molar-refractivity contribution in [3.63, 3.8) is 0 Å². The first kappa shape index (κ1) is 23.3. The average Bonchev–Trinajstić information content (AvgIpc) is 3.30. The van der Waals surface area contributed by atoms with Crippen molar-refractivity contribution in [3.8, 4) is 0 Å². The van der Waals surface area contributed by atoms with E-state index in [0.29, 0.717) is 16.9 Å². The van der Waals surface area contributed by atoms with Crippen LogP contribution in [0.2, 0.25) is 0 Å². The molecule has 0 aliphatic carbocycles. The molecular weight excluding hydrogens is 464 g/mol. The molecule has 0 saturated carbocycles. The Labute approximate surface area is 216 Å². The first-order valence-electron chi connectivity index (χ1n) is 13.0. The van der Waals surface area contributed by atoms with Crippen LogP contribution in [0.1, 0.15) is 48.0 Å². The lowest BCUT2D eigenvalue weighted by Crippen LogP contribution is -2.69. The molecule has 1 atom stereocenters. The van der Waals surface area contributed by atoms with Crippen LogP contribution >= 0.6 is 0 Å². The molecule has 6 rings (SSSR count). The lowest BCUT2D eigenvalue weighted by Gasteiger charge is -2.49. The second-order valence-corrected chi connectivity index (χ2v) is 9.99. The summed E-state index contributed by atoms with van der Waals surface area (Å²) in [4.78, 5) is 46.8. The van der Waals surface area contributed by atoms with Crippen molar-refractivity contribution in [1.82, 2.24) is 4.90 Å². The molecule has 3 amide bonds. The van der Waals surface area contributed by atoms with Crippen molar-refractivity contribution in [3.05, 3.63) is 90.0 Å². The number of fused-ring (bicyclic) bond motifs is 3. The Balaban J connectivity index is 1.36. The highest BCUT2D eigenvalue weighted by atomic mass is 16.2. The van der Waals surface area contributed by atoms with E-state index in [-0.39, 0.29) is 37.1 Å². The Morgan fingerprint density at radius 1 is 0.838 bits per heavy atom. The highest BCUT2D eigenvalue weighted by molar-refractivity contribution is 6.18. The van der Waals surface area contributed by atoms with Gasteiger partial charge in [-0.3, -0.25) is 19.3 Å². The van der Waals surface area contributed by atoms with Crippen molar-refractivity contribution in [1.29, 1.82) is 0 Å². The zero-order valence-corrected chi connectivity index (χ0v) is 20.7. The fourth-order valence-corrected chi connectivity index (χ4v) is 5.91. The van der Waals surface area contributed by atoms with Gasteiger partial charge in [-0.25, -0.2) is 0 Å². The molecule has 2 fully saturated rings. The molecule has 3 aromatic rings. The number of nitrogens with zero attached hydrogens (tertiary/aromatic N) is 3. The molecule has 3 heterocycles. The number of amides is 3. The average molecular weight is 495 g/mol. The van der Waals surface area contributed by atoms with Crippen LogP contribution in [0.3, 0.4) is 0 Å². The minimum Gasteiger partial charge on any atom is -0.372 e. The highest BCUT2D eigenvalue weighted by Crippen LogP contribution is 2.45. The zero-order chi connectivity index (χ0) is 25.4. The summed E-state index contributed by atoms with van der Waals surface area (Å²) < 4.78 is 0. The number of benzene rings is 3. The van der Waals surface area contributed by atoms with Gasteiger partial charge < -0.3 is 15.1 Å². The maximum Gasteiger partial charge on any atom is 0.271 e. The first-order chi connectivity index (χ1) is 18.1. The van der Waals surface area contributed by atoms with Crippen LogP contribution in [0.15, 0.2) is 78.9 Å². The number of hydrogen-bond acceptors (Lipinski definition) is 4. The Bertz CT molecular complexity index is 1330. The van der Waals surface area contributed by atoms with Gasteiger partial charge in [-0.2, -0.15) is 0 Å². The Kier molecular flexibility index (Phi) is 5.91. The van der Waals surface area contributed by atoms with E-state index in [1.807, 2.05) is 54.6 Å². The largest absolute Gasteiger partial charge is 0.372 e. The lowest BCUT2D eigenvalue weighted by atomic mass is 9.94. The van der Waals surface area contributed by atoms with Gasteiger partial charge in [0.25, 0.3) is 11.8 Å². The molecule has 37 heavy (non-hydrogen) atoms. The highest BCUT2D eigenvalue weighted by Gasteiger charge is 2.60. The number of piperidine rings is 1. The smallest absolute Gasteiger partial charge is 0.271 e. The van der Waals surface area contributed by atoms with Crippen LogP contribution in [0.4, 0.5) is 17.1 Å². The Hall–Kier alpha value is -4.13. The molecule has 0 radical (unpaired) electrons. The molecule has 188 valence electrons. The Morgan fingerprint density at radius 3 is 2.30 bits per heavy atom. The van der Waals surface area contributed by atoms with E-state index in [9.17, 15) is 14.4 Å². The summed E-state index contributed by atoms with van der Waals surface area (Å²) in [6.45, 7) is 2.31. The number of hydrogen-bond donors (Lipinski definition) is 1. The van der Waals surface area contributed by atoms with Gasteiger partial charge in [-0.15, -0.1) is 0 Å². The molecule has 0 spiro atoms. The number of carbonyl (C=O) groups is 3. The van der Waals surface area contributed by atoms with Crippen molar-refractivity contribution in [2.75, 3.05) is 28.2 Å². The molecule has 7 nitrogen and oxygen atoms in total. The summed E-state index contributed by atoms with van der Waals surface area (Å²) in [6.07, 6.45) is 4.07. The standard InChI is InChI=1S/C30H30N4O3/c35-27-17-18-30(29(37)31-23-13-15-24(16-14-23)32-19-7-2-8-20-32)33(21-22-9-3-1-4-10-22)28(36)25-11-5-6-12-26(25)34(27)30/h1,3-6,9-16H,2,7-8,17-21H2,(H,31,37)/t30-/m1/s1. The quantitative estimate of drug-likeness (QED) is 0.553. The molecule has 1 N–H and O–H groups in total. The van der Waals surface area contributed by atoms with Crippen LogP contribution in [-0.4, -0.2) is 41.4 Å². The predicted octanol–water partition coefficient (Wildman–Crippen LogP) is 4.79. The second-order valence-electron chi connectivity index (χ2n) is 9.99. The number of anilines is 3. The van der Waals surface area contributed by atoms with Gasteiger partial charge in [0.15, 0.2) is 0 Å². The van der Waals surface area contributed by atoms with Gasteiger partial charge in [0.2, 0.25) is 11.6 Å². The molecule has 0 aromatic heterocycles. The molecule has 3 aliphatic rings. The molecule has 3 aliphatic heterocycles. The van der Waals surface area contributed by atoms with Gasteiger partial charge >= 0.3 is 0 Å². The zero-order valence-electron chi connectivity index (χ0n) is 20.7. The van der Waals surface area contributed by atoms with Gasteiger partial charge in [0.1, 0.15) is 0 Å². The Morgan fingerprint density at radius 2 is 1.54 bits per heavy atom. The van der Waals surface area contributed by atoms with Crippen LogP contribution < -0.4 is 15.1 Å². The molecule has 2 saturated heterocycles. The van der Waals surface area contributed by atoms with Gasteiger partial charge in [-0.05, 0) is 61.2 Å². The summed E-state index contributed by atoms with van der Waals surface area (Å²) in [5.74, 6) is -0.780. The third-order valence-electron chi connectivity index (χ3n) is 7.77. The molecule has 3 aromatic carbocycles. The van der Waals surface area contributed by atoms with E-state index in [1.165, 1.54) is 19.3 Å². The fraction of sp³-hybridized carbons (Fsp3) is 0.300. The van der Waals surface area contributed by atoms with E-state index in [1.54, 1.807) is 34.1 Å². The summed E-state index contributed by atoms with van der Waals surface area (Å²) in [5, 5.41) is 3.05. The number of para-hydroxylation sites is 1. The molecular formula is C30H30N4O3. The number of nitrogens with one attached hydrogen (secondary N) is 1. The fourth-order valence-electron chi connectivity index (χ4n) is 5.91. The first-order valence-corrected chi connectivity index (χ1v) is 13.0. The third-order valence-corrected chi connectivity index (χ3v) is 7.77. The maximum atomic E-state index is 14.1. The minimum absolute atomic E-state index is 0.159. The van der Waals surface area contributed by atoms with E-state index >= 15 is 0 Å². The topological polar surface area (TPSA) is 73.0 Å². The van der Waals surface area contributed by atoms with Crippen molar-refractivity contribution in [2.45, 2.75) is 44.3 Å². The SMILES string of the molecule is O=C1c2ccccc2N2C(=O)CC[C@@]2(C(=O)Nc2ccc(N3CCCCC3)cc2)N1Cc1ccccc1.